The molecule has 0 atom stereocenters. The Kier molecular flexibility index (Phi) is 30.8. The molecule has 0 spiro atoms. The van der Waals surface area contributed by atoms with Gasteiger partial charge in [-0.25, -0.2) is 0 Å². The number of halogens is 2. The number of carbonyl (C=O) groups is 1. The van der Waals surface area contributed by atoms with Gasteiger partial charge in [0.05, 0.1) is 0 Å². The summed E-state index contributed by atoms with van der Waals surface area (Å²) in [4.78, 5) is 9.21. The minimum absolute atomic E-state index is 0. The van der Waals surface area contributed by atoms with E-state index in [4.69, 9.17) is 0 Å². The van der Waals surface area contributed by atoms with Crippen LogP contribution in [0.5, 0.6) is 0 Å². The molecule has 0 aromatic heterocycles. The number of carbonyl (C=O) groups excluding carboxylic acids is 1. The molecule has 1 N–H and O–H groups in total. The Morgan fingerprint density at radius 1 is 1.50 bits per heavy atom. The average Bonchev–Trinajstić information content (AvgIpc) is 1.33. The van der Waals surface area contributed by atoms with E-state index < -0.39 is 0 Å². The van der Waals surface area contributed by atoms with Crippen LogP contribution >= 0.6 is 24.0 Å². The minimum Gasteiger partial charge on any atom is -0.323 e. The quantitative estimate of drug-likeness (QED) is 0.536. The fraction of sp³-hybridized carbons (Fsp3) is 0.750. The van der Waals surface area contributed by atoms with Gasteiger partial charge in [-0.05, 0) is 25.7 Å². The second-order valence-corrected chi connectivity index (χ2v) is 1.50. The second kappa shape index (κ2) is 15.7. The molecule has 0 aromatic rings. The number of rotatable bonds is 0. The van der Waals surface area contributed by atoms with Crippen molar-refractivity contribution in [2.45, 2.75) is 6.92 Å². The maximum atomic E-state index is 9.21. The molecule has 0 aliphatic heterocycles. The number of hydrogen-bond acceptors (Lipinski definition) is 2. The molecule has 0 aliphatic carbocycles. The lowest BCUT2D eigenvalue weighted by molar-refractivity contribution is -0.109. The lowest BCUT2D eigenvalue weighted by Gasteiger charge is -1.59. The van der Waals surface area contributed by atoms with E-state index in [0.29, 0.717) is 0 Å². The van der Waals surface area contributed by atoms with Crippen molar-refractivity contribution in [2.24, 2.45) is 0 Å². The smallest absolute Gasteiger partial charge is 0.218 e. The third kappa shape index (κ3) is 3820. The highest BCUT2D eigenvalue weighted by atomic mass is 35.5. The summed E-state index contributed by atoms with van der Waals surface area (Å²) in [6.45, 7) is 1.29. The van der Waals surface area contributed by atoms with Gasteiger partial charge in [-0.15, -0.1) is 12.4 Å². The topological polar surface area (TPSA) is 29.1 Å². The maximum Gasteiger partial charge on any atom is 0.218 e. The summed E-state index contributed by atoms with van der Waals surface area (Å²) in [5.41, 5.74) is 0. The summed E-state index contributed by atoms with van der Waals surface area (Å²) < 4.78 is 0. The molecule has 0 amide bonds. The third-order valence-corrected chi connectivity index (χ3v) is 0. The van der Waals surface area contributed by atoms with Crippen LogP contribution in [0.1, 0.15) is 6.92 Å². The molecule has 0 aliphatic rings. The molecular formula is C4H11Cl2NO. The Hall–Kier alpha value is 0.210. The average molecular weight is 160 g/mol. The normalized spacial score (nSPS) is 5.50. The van der Waals surface area contributed by atoms with Gasteiger partial charge in [0, 0.05) is 6.92 Å². The molecule has 0 radical (unpaired) electrons. The molecule has 0 rings (SSSR count). The Bertz CT molecular complexity index is 45.3. The summed E-state index contributed by atoms with van der Waals surface area (Å²) in [7, 11) is 3.75. The van der Waals surface area contributed by atoms with Crippen LogP contribution in [-0.2, 0) is 4.79 Å². The standard InChI is InChI=1S/C2H3ClO.C2H7N.ClH/c1-2(3)4;1-3-2;/h1H3;3H,1-2H3;1H. The van der Waals surface area contributed by atoms with Gasteiger partial charge in [-0.2, -0.15) is 0 Å². The zero-order valence-corrected chi connectivity index (χ0v) is 6.77. The zero-order valence-electron chi connectivity index (χ0n) is 5.19. The molecule has 8 heavy (non-hydrogen) atoms. The fourth-order valence-corrected chi connectivity index (χ4v) is 0. The van der Waals surface area contributed by atoms with Gasteiger partial charge >= 0.3 is 0 Å². The first-order valence-corrected chi connectivity index (χ1v) is 2.27. The molecule has 2 nitrogen and oxygen atoms in total. The van der Waals surface area contributed by atoms with E-state index in [1.54, 1.807) is 0 Å². The van der Waals surface area contributed by atoms with E-state index >= 15 is 0 Å². The highest BCUT2D eigenvalue weighted by Gasteiger charge is 1.67. The summed E-state index contributed by atoms with van der Waals surface area (Å²) >= 11 is 4.64. The van der Waals surface area contributed by atoms with Crippen molar-refractivity contribution in [2.75, 3.05) is 14.1 Å². The van der Waals surface area contributed by atoms with Crippen LogP contribution in [0.25, 0.3) is 0 Å². The van der Waals surface area contributed by atoms with Gasteiger partial charge in [-0.1, -0.05) is 0 Å². The van der Waals surface area contributed by atoms with Crippen LogP contribution in [0.4, 0.5) is 0 Å². The largest absolute Gasteiger partial charge is 0.323 e. The first-order valence-electron chi connectivity index (χ1n) is 1.89. The van der Waals surface area contributed by atoms with Gasteiger partial charge in [0.2, 0.25) is 5.24 Å². The van der Waals surface area contributed by atoms with Crippen LogP contribution in [-0.4, -0.2) is 19.3 Å². The molecule has 0 saturated carbocycles. The van der Waals surface area contributed by atoms with Crippen LogP contribution < -0.4 is 5.32 Å². The Morgan fingerprint density at radius 2 is 1.50 bits per heavy atom. The van der Waals surface area contributed by atoms with Crippen LogP contribution in [0.3, 0.4) is 0 Å². The highest BCUT2D eigenvalue weighted by Crippen LogP contribution is 1.67. The summed E-state index contributed by atoms with van der Waals surface area (Å²) in [5, 5.41) is 2.39. The van der Waals surface area contributed by atoms with Gasteiger partial charge in [0.1, 0.15) is 0 Å². The lowest BCUT2D eigenvalue weighted by atomic mass is 10.9. The molecule has 0 fully saturated rings. The van der Waals surface area contributed by atoms with Gasteiger partial charge in [-0.3, -0.25) is 4.79 Å². The number of hydrogen-bond donors (Lipinski definition) is 1. The number of nitrogens with one attached hydrogen (secondary N) is 1. The molecule has 4 heteroatoms. The van der Waals surface area contributed by atoms with Gasteiger partial charge < -0.3 is 5.32 Å². The monoisotopic (exact) mass is 159 g/mol. The van der Waals surface area contributed by atoms with Crippen molar-refractivity contribution in [1.82, 2.24) is 5.32 Å². The maximum absolute atomic E-state index is 9.21. The summed E-state index contributed by atoms with van der Waals surface area (Å²) in [6.07, 6.45) is 0. The molecule has 0 bridgehead atoms. The van der Waals surface area contributed by atoms with Crippen LogP contribution in [0.15, 0.2) is 0 Å². The summed E-state index contributed by atoms with van der Waals surface area (Å²) in [5.74, 6) is 0. The third-order valence-electron chi connectivity index (χ3n) is 0. The molecule has 0 unspecified atom stereocenters. The van der Waals surface area contributed by atoms with Crippen molar-refractivity contribution in [3.8, 4) is 0 Å². The first kappa shape index (κ1) is 15.7. The minimum atomic E-state index is -0.361. The van der Waals surface area contributed by atoms with E-state index in [2.05, 4.69) is 16.9 Å². The molecule has 0 heterocycles. The van der Waals surface area contributed by atoms with Crippen LogP contribution in [0, 0.1) is 0 Å². The van der Waals surface area contributed by atoms with E-state index in [-0.39, 0.29) is 17.6 Å². The lowest BCUT2D eigenvalue weighted by Crippen LogP contribution is -1.89. The van der Waals surface area contributed by atoms with Crippen molar-refractivity contribution < 1.29 is 4.79 Å². The Labute approximate surface area is 61.0 Å². The van der Waals surface area contributed by atoms with E-state index in [1.807, 2.05) is 14.1 Å². The van der Waals surface area contributed by atoms with E-state index in [9.17, 15) is 4.79 Å². The predicted octanol–water partition coefficient (Wildman–Crippen LogP) is 1.03. The first-order chi connectivity index (χ1) is 3.15. The Balaban J connectivity index is -0.0000000575. The van der Waals surface area contributed by atoms with E-state index in [1.165, 1.54) is 6.92 Å². The van der Waals surface area contributed by atoms with Crippen molar-refractivity contribution in [3.63, 3.8) is 0 Å². The van der Waals surface area contributed by atoms with Crippen molar-refractivity contribution in [3.05, 3.63) is 0 Å². The predicted molar refractivity (Wildman–Crippen MR) is 38.8 cm³/mol. The highest BCUT2D eigenvalue weighted by molar-refractivity contribution is 6.62. The SMILES string of the molecule is CC(=O)Cl.CNC.Cl. The second-order valence-electron chi connectivity index (χ2n) is 0.970. The van der Waals surface area contributed by atoms with Crippen LogP contribution in [0.2, 0.25) is 0 Å². The fourth-order valence-electron chi connectivity index (χ4n) is 0. The van der Waals surface area contributed by atoms with Crippen molar-refractivity contribution >= 4 is 29.3 Å². The zero-order chi connectivity index (χ0) is 6.28. The van der Waals surface area contributed by atoms with E-state index in [0.717, 1.165) is 0 Å². The molecular weight excluding hydrogens is 149 g/mol. The molecule has 0 aromatic carbocycles. The Morgan fingerprint density at radius 3 is 1.50 bits per heavy atom. The van der Waals surface area contributed by atoms with Crippen molar-refractivity contribution in [1.29, 1.82) is 0 Å². The molecule has 52 valence electrons. The molecule has 0 saturated heterocycles. The van der Waals surface area contributed by atoms with Gasteiger partial charge in [0.25, 0.3) is 0 Å². The summed E-state index contributed by atoms with van der Waals surface area (Å²) in [6, 6.07) is 0. The van der Waals surface area contributed by atoms with Gasteiger partial charge in [0.15, 0.2) is 0 Å².